The predicted molar refractivity (Wildman–Crippen MR) is 100 cm³/mol. The molecule has 2 rings (SSSR count). The van der Waals surface area contributed by atoms with Crippen LogP contribution in [-0.2, 0) is 4.79 Å². The maximum Gasteiger partial charge on any atom is 0.252 e. The third kappa shape index (κ3) is 4.93. The summed E-state index contributed by atoms with van der Waals surface area (Å²) in [5.41, 5.74) is 1.83. The molecule has 1 saturated carbocycles. The number of nitrogens with one attached hydrogen (secondary N) is 2. The smallest absolute Gasteiger partial charge is 0.252 e. The molecule has 23 heavy (non-hydrogen) atoms. The van der Waals surface area contributed by atoms with Crippen molar-refractivity contribution in [2.75, 3.05) is 0 Å². The Hall–Kier alpha value is -1.11. The zero-order chi connectivity index (χ0) is 17.0. The molecule has 1 aromatic carbocycles. The van der Waals surface area contributed by atoms with Crippen LogP contribution in [-0.4, -0.2) is 23.9 Å². The third-order valence-electron chi connectivity index (χ3n) is 4.25. The van der Waals surface area contributed by atoms with Crippen LogP contribution in [0.4, 0.5) is 0 Å². The van der Waals surface area contributed by atoms with Crippen LogP contribution in [0.2, 0.25) is 0 Å². The highest BCUT2D eigenvalue weighted by molar-refractivity contribution is 14.1. The number of carbonyl (C=O) groups excluding carboxylic acids is 2. The Labute approximate surface area is 151 Å². The number of carbonyl (C=O) groups is 2. The van der Waals surface area contributed by atoms with Gasteiger partial charge in [0.25, 0.3) is 5.91 Å². The van der Waals surface area contributed by atoms with E-state index >= 15 is 0 Å². The number of amides is 2. The standard InChI is InChI=1S/C18H25IN2O2/c1-11(2)20-17(22)13-7-5-8-14(10-13)21-18(23)15-9-4-6-12(3)16(15)19/h4,6,9,11,13-14H,5,7-8,10H2,1-3H3,(H,20,22)(H,21,23). The molecule has 0 aliphatic heterocycles. The average Bonchev–Trinajstić information content (AvgIpc) is 2.49. The first kappa shape index (κ1) is 18.2. The van der Waals surface area contributed by atoms with Gasteiger partial charge in [0, 0.05) is 21.6 Å². The Balaban J connectivity index is 1.98. The van der Waals surface area contributed by atoms with Crippen LogP contribution in [0.5, 0.6) is 0 Å². The lowest BCUT2D eigenvalue weighted by atomic mass is 9.85. The summed E-state index contributed by atoms with van der Waals surface area (Å²) in [4.78, 5) is 24.7. The molecule has 1 aromatic rings. The van der Waals surface area contributed by atoms with Crippen LogP contribution in [0.15, 0.2) is 18.2 Å². The zero-order valence-corrected chi connectivity index (χ0v) is 16.1. The molecule has 4 nitrogen and oxygen atoms in total. The van der Waals surface area contributed by atoms with Gasteiger partial charge in [-0.1, -0.05) is 18.6 Å². The first-order chi connectivity index (χ1) is 10.9. The zero-order valence-electron chi connectivity index (χ0n) is 14.0. The fourth-order valence-corrected chi connectivity index (χ4v) is 3.65. The molecule has 126 valence electrons. The fourth-order valence-electron chi connectivity index (χ4n) is 3.05. The number of benzene rings is 1. The number of aryl methyl sites for hydroxylation is 1. The van der Waals surface area contributed by atoms with Crippen molar-refractivity contribution in [3.8, 4) is 0 Å². The molecule has 2 atom stereocenters. The molecule has 2 unspecified atom stereocenters. The van der Waals surface area contributed by atoms with E-state index in [4.69, 9.17) is 0 Å². The van der Waals surface area contributed by atoms with E-state index in [-0.39, 0.29) is 29.8 Å². The second-order valence-electron chi connectivity index (χ2n) is 6.63. The molecule has 2 N–H and O–H groups in total. The predicted octanol–water partition coefficient (Wildman–Crippen LogP) is 3.41. The van der Waals surface area contributed by atoms with E-state index in [2.05, 4.69) is 33.2 Å². The van der Waals surface area contributed by atoms with Gasteiger partial charge < -0.3 is 10.6 Å². The number of hydrogen-bond acceptors (Lipinski definition) is 2. The minimum absolute atomic E-state index is 0.00744. The second kappa shape index (κ2) is 8.13. The van der Waals surface area contributed by atoms with Gasteiger partial charge in [-0.25, -0.2) is 0 Å². The average molecular weight is 428 g/mol. The number of hydrogen-bond donors (Lipinski definition) is 2. The van der Waals surface area contributed by atoms with Crippen molar-refractivity contribution in [1.29, 1.82) is 0 Å². The quantitative estimate of drug-likeness (QED) is 0.723. The lowest BCUT2D eigenvalue weighted by Crippen LogP contribution is -2.43. The molecular formula is C18H25IN2O2. The first-order valence-electron chi connectivity index (χ1n) is 8.24. The van der Waals surface area contributed by atoms with Gasteiger partial charge in [-0.3, -0.25) is 9.59 Å². The summed E-state index contributed by atoms with van der Waals surface area (Å²) >= 11 is 2.22. The van der Waals surface area contributed by atoms with Gasteiger partial charge in [0.2, 0.25) is 5.91 Å². The van der Waals surface area contributed by atoms with Crippen LogP contribution in [0.1, 0.15) is 55.5 Å². The van der Waals surface area contributed by atoms with Gasteiger partial charge in [0.1, 0.15) is 0 Å². The summed E-state index contributed by atoms with van der Waals surface area (Å²) < 4.78 is 0.993. The van der Waals surface area contributed by atoms with Crippen LogP contribution in [0.25, 0.3) is 0 Å². The lowest BCUT2D eigenvalue weighted by Gasteiger charge is -2.29. The van der Waals surface area contributed by atoms with E-state index in [1.165, 1.54) is 0 Å². The highest BCUT2D eigenvalue weighted by atomic mass is 127. The van der Waals surface area contributed by atoms with Crippen molar-refractivity contribution >= 4 is 34.4 Å². The van der Waals surface area contributed by atoms with E-state index in [0.29, 0.717) is 0 Å². The fraction of sp³-hybridized carbons (Fsp3) is 0.556. The molecular weight excluding hydrogens is 403 g/mol. The SMILES string of the molecule is Cc1cccc(C(=O)NC2CCCC(C(=O)NC(C)C)C2)c1I. The molecule has 1 aliphatic carbocycles. The molecule has 1 fully saturated rings. The molecule has 0 heterocycles. The molecule has 5 heteroatoms. The van der Waals surface area contributed by atoms with Crippen molar-refractivity contribution in [3.63, 3.8) is 0 Å². The highest BCUT2D eigenvalue weighted by Gasteiger charge is 2.28. The van der Waals surface area contributed by atoms with E-state index in [1.807, 2.05) is 39.0 Å². The van der Waals surface area contributed by atoms with Crippen LogP contribution in [0, 0.1) is 16.4 Å². The largest absolute Gasteiger partial charge is 0.354 e. The Bertz CT molecular complexity index is 586. The van der Waals surface area contributed by atoms with Crippen LogP contribution in [0.3, 0.4) is 0 Å². The molecule has 0 radical (unpaired) electrons. The Morgan fingerprint density at radius 1 is 1.26 bits per heavy atom. The van der Waals surface area contributed by atoms with Crippen molar-refractivity contribution in [2.24, 2.45) is 5.92 Å². The van der Waals surface area contributed by atoms with Crippen molar-refractivity contribution < 1.29 is 9.59 Å². The Kier molecular flexibility index (Phi) is 6.44. The van der Waals surface area contributed by atoms with E-state index in [9.17, 15) is 9.59 Å². The number of rotatable bonds is 4. The summed E-state index contributed by atoms with van der Waals surface area (Å²) in [7, 11) is 0. The molecule has 0 saturated heterocycles. The maximum atomic E-state index is 12.5. The number of halogens is 1. The van der Waals surface area contributed by atoms with Gasteiger partial charge >= 0.3 is 0 Å². The van der Waals surface area contributed by atoms with Crippen molar-refractivity contribution in [2.45, 2.75) is 58.5 Å². The van der Waals surface area contributed by atoms with E-state index < -0.39 is 0 Å². The van der Waals surface area contributed by atoms with Crippen molar-refractivity contribution in [3.05, 3.63) is 32.9 Å². The van der Waals surface area contributed by atoms with E-state index in [1.54, 1.807) is 0 Å². The van der Waals surface area contributed by atoms with Gasteiger partial charge in [0.05, 0.1) is 5.56 Å². The minimum atomic E-state index is -0.0342. The molecule has 0 bridgehead atoms. The Morgan fingerprint density at radius 3 is 2.70 bits per heavy atom. The minimum Gasteiger partial charge on any atom is -0.354 e. The molecule has 1 aliphatic rings. The third-order valence-corrected chi connectivity index (χ3v) is 5.68. The first-order valence-corrected chi connectivity index (χ1v) is 9.32. The van der Waals surface area contributed by atoms with E-state index in [0.717, 1.165) is 40.4 Å². The second-order valence-corrected chi connectivity index (χ2v) is 7.71. The van der Waals surface area contributed by atoms with Gasteiger partial charge in [0.15, 0.2) is 0 Å². The monoisotopic (exact) mass is 428 g/mol. The highest BCUT2D eigenvalue weighted by Crippen LogP contribution is 2.25. The van der Waals surface area contributed by atoms with Gasteiger partial charge in [-0.2, -0.15) is 0 Å². The summed E-state index contributed by atoms with van der Waals surface area (Å²) in [6.07, 6.45) is 3.56. The summed E-state index contributed by atoms with van der Waals surface area (Å²) in [6.45, 7) is 5.95. The normalized spacial score (nSPS) is 21.1. The molecule has 2 amide bonds. The Morgan fingerprint density at radius 2 is 2.00 bits per heavy atom. The summed E-state index contributed by atoms with van der Waals surface area (Å²) in [5.74, 6) is 0.0881. The van der Waals surface area contributed by atoms with Gasteiger partial charge in [-0.15, -0.1) is 0 Å². The summed E-state index contributed by atoms with van der Waals surface area (Å²) in [6, 6.07) is 6.01. The van der Waals surface area contributed by atoms with Gasteiger partial charge in [-0.05, 0) is 74.3 Å². The van der Waals surface area contributed by atoms with Crippen molar-refractivity contribution in [1.82, 2.24) is 10.6 Å². The van der Waals surface area contributed by atoms with Crippen LogP contribution < -0.4 is 10.6 Å². The lowest BCUT2D eigenvalue weighted by molar-refractivity contribution is -0.126. The van der Waals surface area contributed by atoms with Crippen LogP contribution >= 0.6 is 22.6 Å². The molecule has 0 aromatic heterocycles. The summed E-state index contributed by atoms with van der Waals surface area (Å²) in [5, 5.41) is 6.10. The molecule has 0 spiro atoms. The topological polar surface area (TPSA) is 58.2 Å². The maximum absolute atomic E-state index is 12.5.